The molecule has 0 amide bonds. The number of benzene rings is 2. The Labute approximate surface area is 118 Å². The van der Waals surface area contributed by atoms with E-state index < -0.39 is 0 Å². The standard InChI is InChI=1S/C16H16ClNO/c1-11-10-19-15-9-5-2-6-12(15)16(11)18-14-8-4-3-7-13(14)17/h2-9,11,16,18H,10H2,1H3. The minimum Gasteiger partial charge on any atom is -0.493 e. The Morgan fingerprint density at radius 3 is 2.68 bits per heavy atom. The zero-order chi connectivity index (χ0) is 13.2. The smallest absolute Gasteiger partial charge is 0.124 e. The molecule has 3 rings (SSSR count). The van der Waals surface area contributed by atoms with Crippen molar-refractivity contribution in [1.82, 2.24) is 0 Å². The van der Waals surface area contributed by atoms with Crippen LogP contribution in [0, 0.1) is 5.92 Å². The first-order chi connectivity index (χ1) is 9.25. The summed E-state index contributed by atoms with van der Waals surface area (Å²) in [6, 6.07) is 16.2. The number of rotatable bonds is 2. The lowest BCUT2D eigenvalue weighted by atomic mass is 9.92. The van der Waals surface area contributed by atoms with E-state index >= 15 is 0 Å². The van der Waals surface area contributed by atoms with Crippen molar-refractivity contribution in [2.75, 3.05) is 11.9 Å². The summed E-state index contributed by atoms with van der Waals surface area (Å²) in [5.41, 5.74) is 2.17. The summed E-state index contributed by atoms with van der Waals surface area (Å²) in [5, 5.41) is 4.29. The Hall–Kier alpha value is -1.67. The summed E-state index contributed by atoms with van der Waals surface area (Å²) in [6.07, 6.45) is 0. The summed E-state index contributed by atoms with van der Waals surface area (Å²) >= 11 is 6.22. The van der Waals surface area contributed by atoms with E-state index in [9.17, 15) is 0 Å². The largest absolute Gasteiger partial charge is 0.493 e. The van der Waals surface area contributed by atoms with Gasteiger partial charge in [0.25, 0.3) is 0 Å². The van der Waals surface area contributed by atoms with E-state index in [1.54, 1.807) is 0 Å². The number of nitrogens with one attached hydrogen (secondary N) is 1. The maximum absolute atomic E-state index is 6.22. The number of fused-ring (bicyclic) bond motifs is 1. The average Bonchev–Trinajstić information content (AvgIpc) is 2.44. The first-order valence-corrected chi connectivity index (χ1v) is 6.86. The molecule has 19 heavy (non-hydrogen) atoms. The van der Waals surface area contributed by atoms with Gasteiger partial charge in [-0.15, -0.1) is 0 Å². The van der Waals surface area contributed by atoms with Gasteiger partial charge < -0.3 is 10.1 Å². The molecule has 2 atom stereocenters. The van der Waals surface area contributed by atoms with Crippen LogP contribution in [0.5, 0.6) is 5.75 Å². The van der Waals surface area contributed by atoms with Gasteiger partial charge in [0.05, 0.1) is 23.4 Å². The van der Waals surface area contributed by atoms with Crippen molar-refractivity contribution in [3.63, 3.8) is 0 Å². The molecule has 2 nitrogen and oxygen atoms in total. The first-order valence-electron chi connectivity index (χ1n) is 6.48. The molecule has 1 N–H and O–H groups in total. The normalized spacial score (nSPS) is 21.4. The van der Waals surface area contributed by atoms with Crippen molar-refractivity contribution in [3.05, 3.63) is 59.1 Å². The molecule has 2 unspecified atom stereocenters. The van der Waals surface area contributed by atoms with Gasteiger partial charge in [-0.1, -0.05) is 48.9 Å². The number of halogens is 1. The van der Waals surface area contributed by atoms with Crippen molar-refractivity contribution in [2.45, 2.75) is 13.0 Å². The quantitative estimate of drug-likeness (QED) is 0.868. The van der Waals surface area contributed by atoms with Crippen molar-refractivity contribution in [1.29, 1.82) is 0 Å². The predicted molar refractivity (Wildman–Crippen MR) is 78.9 cm³/mol. The molecule has 0 fully saturated rings. The zero-order valence-electron chi connectivity index (χ0n) is 10.8. The maximum Gasteiger partial charge on any atom is 0.124 e. The Balaban J connectivity index is 1.94. The van der Waals surface area contributed by atoms with Gasteiger partial charge in [-0.3, -0.25) is 0 Å². The molecular formula is C16H16ClNO. The van der Waals surface area contributed by atoms with Gasteiger partial charge in [-0.2, -0.15) is 0 Å². The van der Waals surface area contributed by atoms with Crippen molar-refractivity contribution < 1.29 is 4.74 Å². The van der Waals surface area contributed by atoms with E-state index in [0.29, 0.717) is 5.92 Å². The van der Waals surface area contributed by atoms with Gasteiger partial charge in [0.15, 0.2) is 0 Å². The second-order valence-electron chi connectivity index (χ2n) is 4.93. The molecule has 0 spiro atoms. The van der Waals surface area contributed by atoms with Crippen LogP contribution in [0.25, 0.3) is 0 Å². The van der Waals surface area contributed by atoms with Crippen molar-refractivity contribution in [2.24, 2.45) is 5.92 Å². The van der Waals surface area contributed by atoms with Gasteiger partial charge in [0, 0.05) is 11.5 Å². The fraction of sp³-hybridized carbons (Fsp3) is 0.250. The minimum atomic E-state index is 0.227. The van der Waals surface area contributed by atoms with Gasteiger partial charge in [0.2, 0.25) is 0 Å². The first kappa shape index (κ1) is 12.4. The molecule has 2 aromatic rings. The zero-order valence-corrected chi connectivity index (χ0v) is 11.5. The van der Waals surface area contributed by atoms with Crippen LogP contribution in [0.3, 0.4) is 0 Å². The van der Waals surface area contributed by atoms with Crippen LogP contribution < -0.4 is 10.1 Å². The van der Waals surface area contributed by atoms with Crippen LogP contribution in [0.2, 0.25) is 5.02 Å². The van der Waals surface area contributed by atoms with E-state index in [2.05, 4.69) is 18.3 Å². The molecule has 0 radical (unpaired) electrons. The van der Waals surface area contributed by atoms with Gasteiger partial charge in [-0.25, -0.2) is 0 Å². The van der Waals surface area contributed by atoms with Crippen LogP contribution in [0.4, 0.5) is 5.69 Å². The van der Waals surface area contributed by atoms with E-state index in [1.165, 1.54) is 5.56 Å². The summed E-state index contributed by atoms with van der Waals surface area (Å²) in [4.78, 5) is 0. The van der Waals surface area contributed by atoms with Crippen LogP contribution in [0.15, 0.2) is 48.5 Å². The van der Waals surface area contributed by atoms with Crippen LogP contribution in [-0.2, 0) is 0 Å². The molecule has 1 aliphatic heterocycles. The molecule has 0 saturated carbocycles. The van der Waals surface area contributed by atoms with Gasteiger partial charge >= 0.3 is 0 Å². The highest BCUT2D eigenvalue weighted by atomic mass is 35.5. The lowest BCUT2D eigenvalue weighted by molar-refractivity contribution is 0.214. The SMILES string of the molecule is CC1COc2ccccc2C1Nc1ccccc1Cl. The summed E-state index contributed by atoms with van der Waals surface area (Å²) in [5.74, 6) is 1.36. The lowest BCUT2D eigenvalue weighted by Crippen LogP contribution is -2.28. The Morgan fingerprint density at radius 2 is 1.84 bits per heavy atom. The molecule has 0 saturated heterocycles. The number of hydrogen-bond donors (Lipinski definition) is 1. The summed E-state index contributed by atoms with van der Waals surface area (Å²) in [7, 11) is 0. The van der Waals surface area contributed by atoms with Crippen LogP contribution in [-0.4, -0.2) is 6.61 Å². The number of para-hydroxylation sites is 2. The molecule has 98 valence electrons. The van der Waals surface area contributed by atoms with Crippen LogP contribution >= 0.6 is 11.6 Å². The van der Waals surface area contributed by atoms with E-state index in [1.807, 2.05) is 42.5 Å². The lowest BCUT2D eigenvalue weighted by Gasteiger charge is -2.33. The molecule has 1 aliphatic rings. The van der Waals surface area contributed by atoms with Crippen molar-refractivity contribution >= 4 is 17.3 Å². The Bertz CT molecular complexity index is 584. The number of ether oxygens (including phenoxy) is 1. The number of hydrogen-bond acceptors (Lipinski definition) is 2. The fourth-order valence-corrected chi connectivity index (χ4v) is 2.65. The molecule has 0 bridgehead atoms. The Kier molecular flexibility index (Phi) is 3.34. The van der Waals surface area contributed by atoms with E-state index in [4.69, 9.17) is 16.3 Å². The van der Waals surface area contributed by atoms with Gasteiger partial charge in [-0.05, 0) is 18.2 Å². The number of anilines is 1. The predicted octanol–water partition coefficient (Wildman–Crippen LogP) is 4.52. The minimum absolute atomic E-state index is 0.227. The monoisotopic (exact) mass is 273 g/mol. The third-order valence-corrected chi connectivity index (χ3v) is 3.84. The third kappa shape index (κ3) is 2.41. The van der Waals surface area contributed by atoms with Gasteiger partial charge in [0.1, 0.15) is 5.75 Å². The topological polar surface area (TPSA) is 21.3 Å². The molecule has 0 aliphatic carbocycles. The third-order valence-electron chi connectivity index (χ3n) is 3.51. The van der Waals surface area contributed by atoms with Crippen molar-refractivity contribution in [3.8, 4) is 5.75 Å². The highest BCUT2D eigenvalue weighted by molar-refractivity contribution is 6.33. The second kappa shape index (κ2) is 5.14. The highest BCUT2D eigenvalue weighted by Crippen LogP contribution is 2.38. The van der Waals surface area contributed by atoms with E-state index in [-0.39, 0.29) is 6.04 Å². The summed E-state index contributed by atoms with van der Waals surface area (Å²) < 4.78 is 5.76. The Morgan fingerprint density at radius 1 is 1.11 bits per heavy atom. The molecule has 0 aromatic heterocycles. The molecule has 3 heteroatoms. The molecule has 1 heterocycles. The van der Waals surface area contributed by atoms with Crippen LogP contribution in [0.1, 0.15) is 18.5 Å². The maximum atomic E-state index is 6.22. The van der Waals surface area contributed by atoms with E-state index in [0.717, 1.165) is 23.1 Å². The summed E-state index contributed by atoms with van der Waals surface area (Å²) in [6.45, 7) is 2.91. The highest BCUT2D eigenvalue weighted by Gasteiger charge is 2.27. The molecular weight excluding hydrogens is 258 g/mol. The second-order valence-corrected chi connectivity index (χ2v) is 5.34. The average molecular weight is 274 g/mol. The molecule has 2 aromatic carbocycles. The fourth-order valence-electron chi connectivity index (χ4n) is 2.46.